The highest BCUT2D eigenvalue weighted by molar-refractivity contribution is 5.93. The highest BCUT2D eigenvalue weighted by Gasteiger charge is 2.04. The van der Waals surface area contributed by atoms with Crippen molar-refractivity contribution >= 4 is 16.3 Å². The van der Waals surface area contributed by atoms with Crippen LogP contribution < -0.4 is 5.73 Å². The van der Waals surface area contributed by atoms with Gasteiger partial charge in [0.25, 0.3) is 0 Å². The summed E-state index contributed by atoms with van der Waals surface area (Å²) < 4.78 is 12.6. The lowest BCUT2D eigenvalue weighted by Gasteiger charge is -2.07. The number of fused-ring (bicyclic) bond motifs is 1. The predicted molar refractivity (Wildman–Crippen MR) is 62.1 cm³/mol. The fraction of sp³-hybridized carbons (Fsp3) is 0.0769. The van der Waals surface area contributed by atoms with Crippen LogP contribution in [-0.2, 0) is 0 Å². The zero-order chi connectivity index (χ0) is 10.7. The molecule has 2 heteroatoms. The lowest BCUT2D eigenvalue weighted by atomic mass is 9.99. The number of hydrogen-bond donors (Lipinski definition) is 1. The van der Waals surface area contributed by atoms with Crippen LogP contribution in [-0.4, -0.2) is 6.54 Å². The highest BCUT2D eigenvalue weighted by Crippen LogP contribution is 2.24. The Bertz CT molecular complexity index is 497. The smallest absolute Gasteiger partial charge is 0.0918 e. The fourth-order valence-electron chi connectivity index (χ4n) is 1.72. The van der Waals surface area contributed by atoms with Crippen LogP contribution in [0, 0.1) is 0 Å². The van der Waals surface area contributed by atoms with E-state index in [2.05, 4.69) is 0 Å². The Balaban J connectivity index is 2.71. The molecule has 2 aromatic carbocycles. The zero-order valence-electron chi connectivity index (χ0n) is 8.28. The molecule has 0 aliphatic rings. The molecule has 0 fully saturated rings. The average Bonchev–Trinajstić information content (AvgIpc) is 2.31. The summed E-state index contributed by atoms with van der Waals surface area (Å²) in [6.07, 6.45) is 0.585. The third-order valence-electron chi connectivity index (χ3n) is 2.49. The lowest BCUT2D eigenvalue weighted by Crippen LogP contribution is -2.02. The first kappa shape index (κ1) is 9.87. The molecule has 0 saturated heterocycles. The van der Waals surface area contributed by atoms with E-state index in [0.717, 1.165) is 16.3 Å². The van der Waals surface area contributed by atoms with Crippen molar-refractivity contribution < 1.29 is 4.39 Å². The summed E-state index contributed by atoms with van der Waals surface area (Å²) in [7, 11) is 0. The Morgan fingerprint density at radius 1 is 1.13 bits per heavy atom. The van der Waals surface area contributed by atoms with E-state index in [1.165, 1.54) is 0 Å². The van der Waals surface area contributed by atoms with E-state index in [-0.39, 0.29) is 6.54 Å². The first-order valence-electron chi connectivity index (χ1n) is 4.84. The molecular weight excluding hydrogens is 189 g/mol. The molecule has 0 aromatic heterocycles. The fourth-order valence-corrected chi connectivity index (χ4v) is 1.72. The van der Waals surface area contributed by atoms with E-state index >= 15 is 0 Å². The quantitative estimate of drug-likeness (QED) is 0.793. The highest BCUT2D eigenvalue weighted by atomic mass is 19.1. The van der Waals surface area contributed by atoms with Crippen molar-refractivity contribution in [1.82, 2.24) is 0 Å². The van der Waals surface area contributed by atoms with E-state index in [9.17, 15) is 4.39 Å². The van der Waals surface area contributed by atoms with E-state index < -0.39 is 0 Å². The SMILES string of the molecule is NC/C(=C\F)c1cccc2ccccc12. The number of halogens is 1. The molecule has 0 heterocycles. The second-order valence-electron chi connectivity index (χ2n) is 3.37. The van der Waals surface area contributed by atoms with Crippen molar-refractivity contribution in [2.45, 2.75) is 0 Å². The van der Waals surface area contributed by atoms with Gasteiger partial charge in [-0.25, -0.2) is 4.39 Å². The lowest BCUT2D eigenvalue weighted by molar-refractivity contribution is 0.721. The first-order chi connectivity index (χ1) is 7.36. The summed E-state index contributed by atoms with van der Waals surface area (Å²) in [5.41, 5.74) is 6.91. The monoisotopic (exact) mass is 201 g/mol. The van der Waals surface area contributed by atoms with Crippen LogP contribution in [0.3, 0.4) is 0 Å². The maximum Gasteiger partial charge on any atom is 0.0918 e. The molecule has 2 aromatic rings. The minimum Gasteiger partial charge on any atom is -0.326 e. The van der Waals surface area contributed by atoms with Crippen LogP contribution in [0.4, 0.5) is 4.39 Å². The Hall–Kier alpha value is -1.67. The van der Waals surface area contributed by atoms with Crippen LogP contribution in [0.15, 0.2) is 48.8 Å². The summed E-state index contributed by atoms with van der Waals surface area (Å²) in [6, 6.07) is 13.7. The molecule has 0 unspecified atom stereocenters. The van der Waals surface area contributed by atoms with E-state index in [0.29, 0.717) is 11.9 Å². The normalized spacial score (nSPS) is 12.0. The first-order valence-corrected chi connectivity index (χ1v) is 4.84. The van der Waals surface area contributed by atoms with Crippen LogP contribution >= 0.6 is 0 Å². The predicted octanol–water partition coefficient (Wildman–Crippen LogP) is 3.11. The van der Waals surface area contributed by atoms with E-state index in [1.54, 1.807) is 0 Å². The Labute approximate surface area is 88.0 Å². The van der Waals surface area contributed by atoms with Gasteiger partial charge in [0.2, 0.25) is 0 Å². The summed E-state index contributed by atoms with van der Waals surface area (Å²) >= 11 is 0. The molecule has 0 atom stereocenters. The molecule has 0 radical (unpaired) electrons. The largest absolute Gasteiger partial charge is 0.326 e. The van der Waals surface area contributed by atoms with Crippen molar-refractivity contribution in [1.29, 1.82) is 0 Å². The Morgan fingerprint density at radius 3 is 2.60 bits per heavy atom. The van der Waals surface area contributed by atoms with Crippen LogP contribution in [0.1, 0.15) is 5.56 Å². The summed E-state index contributed by atoms with van der Waals surface area (Å²) in [5, 5.41) is 2.14. The van der Waals surface area contributed by atoms with Gasteiger partial charge in [0.1, 0.15) is 0 Å². The number of rotatable bonds is 2. The van der Waals surface area contributed by atoms with Gasteiger partial charge < -0.3 is 5.73 Å². The van der Waals surface area contributed by atoms with Gasteiger partial charge in [-0.1, -0.05) is 42.5 Å². The molecule has 1 nitrogen and oxygen atoms in total. The van der Waals surface area contributed by atoms with Gasteiger partial charge in [0.05, 0.1) is 6.33 Å². The summed E-state index contributed by atoms with van der Waals surface area (Å²) in [4.78, 5) is 0. The molecular formula is C13H12FN. The summed E-state index contributed by atoms with van der Waals surface area (Å²) in [5.74, 6) is 0. The van der Waals surface area contributed by atoms with Crippen molar-refractivity contribution in [3.63, 3.8) is 0 Å². The van der Waals surface area contributed by atoms with Gasteiger partial charge in [-0.2, -0.15) is 0 Å². The molecule has 0 amide bonds. The van der Waals surface area contributed by atoms with Gasteiger partial charge in [0, 0.05) is 12.1 Å². The van der Waals surface area contributed by atoms with E-state index in [4.69, 9.17) is 5.73 Å². The van der Waals surface area contributed by atoms with Gasteiger partial charge in [-0.05, 0) is 16.3 Å². The van der Waals surface area contributed by atoms with Crippen LogP contribution in [0.2, 0.25) is 0 Å². The topological polar surface area (TPSA) is 26.0 Å². The number of hydrogen-bond acceptors (Lipinski definition) is 1. The van der Waals surface area contributed by atoms with Gasteiger partial charge in [0.15, 0.2) is 0 Å². The third-order valence-corrected chi connectivity index (χ3v) is 2.49. The van der Waals surface area contributed by atoms with Crippen molar-refractivity contribution in [3.8, 4) is 0 Å². The van der Waals surface area contributed by atoms with Crippen LogP contribution in [0.25, 0.3) is 16.3 Å². The van der Waals surface area contributed by atoms with Gasteiger partial charge in [-0.15, -0.1) is 0 Å². The standard InChI is InChI=1S/C13H12FN/c14-8-11(9-15)13-7-3-5-10-4-1-2-6-12(10)13/h1-8H,9,15H2/b11-8+. The van der Waals surface area contributed by atoms with Crippen molar-refractivity contribution in [2.24, 2.45) is 5.73 Å². The minimum absolute atomic E-state index is 0.213. The molecule has 0 spiro atoms. The second kappa shape index (κ2) is 4.24. The molecule has 0 bridgehead atoms. The molecule has 0 saturated carbocycles. The van der Waals surface area contributed by atoms with Gasteiger partial charge in [-0.3, -0.25) is 0 Å². The van der Waals surface area contributed by atoms with Crippen molar-refractivity contribution in [3.05, 3.63) is 54.4 Å². The number of nitrogens with two attached hydrogens (primary N) is 1. The molecule has 0 aliphatic carbocycles. The third kappa shape index (κ3) is 1.76. The minimum atomic E-state index is 0.213. The molecule has 0 aliphatic heterocycles. The molecule has 2 N–H and O–H groups in total. The Morgan fingerprint density at radius 2 is 1.87 bits per heavy atom. The van der Waals surface area contributed by atoms with Crippen molar-refractivity contribution in [2.75, 3.05) is 6.54 Å². The Kier molecular flexibility index (Phi) is 2.79. The molecule has 2 rings (SSSR count). The zero-order valence-corrected chi connectivity index (χ0v) is 8.28. The second-order valence-corrected chi connectivity index (χ2v) is 3.37. The molecule has 76 valence electrons. The van der Waals surface area contributed by atoms with Gasteiger partial charge >= 0.3 is 0 Å². The average molecular weight is 201 g/mol. The van der Waals surface area contributed by atoms with Crippen LogP contribution in [0.5, 0.6) is 0 Å². The molecule has 15 heavy (non-hydrogen) atoms. The number of benzene rings is 2. The van der Waals surface area contributed by atoms with E-state index in [1.807, 2.05) is 42.5 Å². The summed E-state index contributed by atoms with van der Waals surface area (Å²) in [6.45, 7) is 0.213. The maximum atomic E-state index is 12.6. The maximum absolute atomic E-state index is 12.6.